The summed E-state index contributed by atoms with van der Waals surface area (Å²) in [5.41, 5.74) is 0. The van der Waals surface area contributed by atoms with Gasteiger partial charge in [-0.2, -0.15) is 13.2 Å². The summed E-state index contributed by atoms with van der Waals surface area (Å²) in [5.74, 6) is -0.106. The maximum atomic E-state index is 11.5. The van der Waals surface area contributed by atoms with Crippen LogP contribution in [0.3, 0.4) is 0 Å². The normalized spacial score (nSPS) is 21.7. The third-order valence-electron chi connectivity index (χ3n) is 1.52. The number of alkyl halides is 3. The molecule has 9 heavy (non-hydrogen) atoms. The Morgan fingerprint density at radius 3 is 2.00 bits per heavy atom. The van der Waals surface area contributed by atoms with Gasteiger partial charge in [0.2, 0.25) is 0 Å². The summed E-state index contributed by atoms with van der Waals surface area (Å²) < 4.78 is 34.5. The average Bonchev–Trinajstić information content (AvgIpc) is 1.53. The van der Waals surface area contributed by atoms with E-state index >= 15 is 0 Å². The lowest BCUT2D eigenvalue weighted by atomic mass is 9.83. The summed E-state index contributed by atoms with van der Waals surface area (Å²) in [6, 6.07) is 0. The molecule has 0 amide bonds. The minimum atomic E-state index is -3.95. The zero-order valence-corrected chi connectivity index (χ0v) is 4.91. The summed E-state index contributed by atoms with van der Waals surface area (Å²) in [6.45, 7) is 0. The molecule has 0 atom stereocenters. The van der Waals surface area contributed by atoms with E-state index in [1.807, 2.05) is 6.42 Å². The molecule has 0 spiro atoms. The summed E-state index contributed by atoms with van der Waals surface area (Å²) in [5, 5.41) is 0. The van der Waals surface area contributed by atoms with Crippen molar-refractivity contribution < 1.29 is 13.2 Å². The molecule has 1 aliphatic rings. The molecule has 1 saturated carbocycles. The lowest BCUT2D eigenvalue weighted by Crippen LogP contribution is -2.20. The SMILES string of the molecule is FC(F)(F)CC1C[CH]C1. The van der Waals surface area contributed by atoms with Crippen molar-refractivity contribution in [1.29, 1.82) is 0 Å². The van der Waals surface area contributed by atoms with Crippen molar-refractivity contribution in [1.82, 2.24) is 0 Å². The van der Waals surface area contributed by atoms with Crippen molar-refractivity contribution in [2.45, 2.75) is 25.4 Å². The van der Waals surface area contributed by atoms with Crippen LogP contribution in [0.25, 0.3) is 0 Å². The van der Waals surface area contributed by atoms with Crippen LogP contribution < -0.4 is 0 Å². The standard InChI is InChI=1S/C6H8F3/c7-6(8,9)4-5-2-1-3-5/h1,5H,2-4H2. The first-order chi connectivity index (χ1) is 4.08. The molecule has 1 rings (SSSR count). The number of halogens is 3. The van der Waals surface area contributed by atoms with Crippen LogP contribution in [-0.4, -0.2) is 6.18 Å². The minimum absolute atomic E-state index is 0.106. The third kappa shape index (κ3) is 2.24. The van der Waals surface area contributed by atoms with Gasteiger partial charge in [0.15, 0.2) is 0 Å². The molecule has 0 saturated heterocycles. The quantitative estimate of drug-likeness (QED) is 0.521. The van der Waals surface area contributed by atoms with E-state index in [0.29, 0.717) is 12.8 Å². The highest BCUT2D eigenvalue weighted by Crippen LogP contribution is 2.35. The van der Waals surface area contributed by atoms with Gasteiger partial charge in [0.05, 0.1) is 0 Å². The van der Waals surface area contributed by atoms with Gasteiger partial charge in [-0.15, -0.1) is 0 Å². The first-order valence-electron chi connectivity index (χ1n) is 2.96. The second-order valence-electron chi connectivity index (χ2n) is 2.45. The Kier molecular flexibility index (Phi) is 1.68. The fraction of sp³-hybridized carbons (Fsp3) is 0.833. The zero-order valence-electron chi connectivity index (χ0n) is 4.91. The van der Waals surface area contributed by atoms with E-state index < -0.39 is 12.6 Å². The molecule has 1 fully saturated rings. The summed E-state index contributed by atoms with van der Waals surface area (Å²) in [7, 11) is 0. The van der Waals surface area contributed by atoms with E-state index in [1.54, 1.807) is 0 Å². The maximum absolute atomic E-state index is 11.5. The molecule has 0 aromatic rings. The van der Waals surface area contributed by atoms with Crippen molar-refractivity contribution in [2.75, 3.05) is 0 Å². The van der Waals surface area contributed by atoms with E-state index in [2.05, 4.69) is 0 Å². The second kappa shape index (κ2) is 2.20. The monoisotopic (exact) mass is 137 g/mol. The van der Waals surface area contributed by atoms with Gasteiger partial charge >= 0.3 is 6.18 Å². The van der Waals surface area contributed by atoms with Gasteiger partial charge in [0.1, 0.15) is 0 Å². The Hall–Kier alpha value is -0.210. The highest BCUT2D eigenvalue weighted by atomic mass is 19.4. The van der Waals surface area contributed by atoms with E-state index in [-0.39, 0.29) is 5.92 Å². The van der Waals surface area contributed by atoms with Crippen LogP contribution in [0.15, 0.2) is 0 Å². The predicted octanol–water partition coefficient (Wildman–Crippen LogP) is 2.55. The van der Waals surface area contributed by atoms with Gasteiger partial charge in [-0.05, 0) is 25.2 Å². The highest BCUT2D eigenvalue weighted by molar-refractivity contribution is 4.86. The number of rotatable bonds is 1. The highest BCUT2D eigenvalue weighted by Gasteiger charge is 2.34. The van der Waals surface area contributed by atoms with Gasteiger partial charge in [0.25, 0.3) is 0 Å². The molecule has 0 nitrogen and oxygen atoms in total. The smallest absolute Gasteiger partial charge is 0.171 e. The molecule has 0 heterocycles. The molecular weight excluding hydrogens is 129 g/mol. The Balaban J connectivity index is 2.16. The van der Waals surface area contributed by atoms with Crippen LogP contribution in [-0.2, 0) is 0 Å². The fourth-order valence-electron chi connectivity index (χ4n) is 0.896. The van der Waals surface area contributed by atoms with E-state index in [0.717, 1.165) is 0 Å². The second-order valence-corrected chi connectivity index (χ2v) is 2.45. The largest absolute Gasteiger partial charge is 0.389 e. The molecule has 0 aromatic heterocycles. The lowest BCUT2D eigenvalue weighted by molar-refractivity contribution is -0.147. The Bertz CT molecular complexity index is 91.0. The van der Waals surface area contributed by atoms with Gasteiger partial charge < -0.3 is 0 Å². The Morgan fingerprint density at radius 1 is 1.33 bits per heavy atom. The van der Waals surface area contributed by atoms with Crippen LogP contribution in [0.2, 0.25) is 0 Å². The molecule has 1 aliphatic carbocycles. The molecule has 53 valence electrons. The van der Waals surface area contributed by atoms with Gasteiger partial charge in [-0.25, -0.2) is 0 Å². The molecule has 0 unspecified atom stereocenters. The maximum Gasteiger partial charge on any atom is 0.389 e. The van der Waals surface area contributed by atoms with Crippen LogP contribution in [0.4, 0.5) is 13.2 Å². The average molecular weight is 137 g/mol. The topological polar surface area (TPSA) is 0 Å². The summed E-state index contributed by atoms with van der Waals surface area (Å²) in [6.07, 6.45) is -1.35. The van der Waals surface area contributed by atoms with Crippen LogP contribution in [0.1, 0.15) is 19.3 Å². The molecule has 0 aromatic carbocycles. The zero-order chi connectivity index (χ0) is 6.91. The van der Waals surface area contributed by atoms with Gasteiger partial charge in [0, 0.05) is 6.42 Å². The summed E-state index contributed by atoms with van der Waals surface area (Å²) >= 11 is 0. The van der Waals surface area contributed by atoms with Crippen molar-refractivity contribution in [2.24, 2.45) is 5.92 Å². The molecule has 0 N–H and O–H groups in total. The molecular formula is C6H8F3. The third-order valence-corrected chi connectivity index (χ3v) is 1.52. The number of hydrogen-bond acceptors (Lipinski definition) is 0. The van der Waals surface area contributed by atoms with Crippen molar-refractivity contribution in [3.05, 3.63) is 6.42 Å². The van der Waals surface area contributed by atoms with Gasteiger partial charge in [-0.3, -0.25) is 0 Å². The Morgan fingerprint density at radius 2 is 1.89 bits per heavy atom. The Labute approximate surface area is 52.1 Å². The minimum Gasteiger partial charge on any atom is -0.171 e. The lowest BCUT2D eigenvalue weighted by Gasteiger charge is -2.25. The number of hydrogen-bond donors (Lipinski definition) is 0. The molecule has 0 aliphatic heterocycles. The summed E-state index contributed by atoms with van der Waals surface area (Å²) in [4.78, 5) is 0. The van der Waals surface area contributed by atoms with E-state index in [1.165, 1.54) is 0 Å². The van der Waals surface area contributed by atoms with Crippen molar-refractivity contribution in [3.63, 3.8) is 0 Å². The molecule has 0 bridgehead atoms. The first-order valence-corrected chi connectivity index (χ1v) is 2.96. The van der Waals surface area contributed by atoms with E-state index in [9.17, 15) is 13.2 Å². The van der Waals surface area contributed by atoms with Crippen LogP contribution >= 0.6 is 0 Å². The van der Waals surface area contributed by atoms with E-state index in [4.69, 9.17) is 0 Å². The van der Waals surface area contributed by atoms with Crippen molar-refractivity contribution in [3.8, 4) is 0 Å². The first kappa shape index (κ1) is 6.90. The van der Waals surface area contributed by atoms with Crippen molar-refractivity contribution >= 4 is 0 Å². The predicted molar refractivity (Wildman–Crippen MR) is 27.7 cm³/mol. The van der Waals surface area contributed by atoms with Crippen LogP contribution in [0.5, 0.6) is 0 Å². The molecule has 1 radical (unpaired) electrons. The van der Waals surface area contributed by atoms with Gasteiger partial charge in [-0.1, -0.05) is 0 Å². The molecule has 3 heteroatoms. The van der Waals surface area contributed by atoms with Crippen LogP contribution in [0, 0.1) is 12.3 Å². The fourth-order valence-corrected chi connectivity index (χ4v) is 0.896.